The summed E-state index contributed by atoms with van der Waals surface area (Å²) in [5.41, 5.74) is 3.19. The lowest BCUT2D eigenvalue weighted by Gasteiger charge is -2.41. The van der Waals surface area contributed by atoms with E-state index in [1.54, 1.807) is 0 Å². The molecule has 2 aliphatic rings. The minimum absolute atomic E-state index is 0.183. The standard InChI is InChI=1S/C25H31Cl2N3O/c1-19-5-8-21(9-6-19)25(31)30-11-3-2-4-22(30)18-29-14-12-28(13-15-29)17-20-7-10-23(26)24(27)16-20/h5-10,16,22H,2-4,11-15,17-18H2,1H3. The number of rotatable bonds is 5. The van der Waals surface area contributed by atoms with Crippen molar-refractivity contribution in [3.8, 4) is 0 Å². The molecule has 0 aromatic heterocycles. The molecule has 0 saturated carbocycles. The average Bonchev–Trinajstić information content (AvgIpc) is 2.78. The van der Waals surface area contributed by atoms with E-state index in [1.807, 2.05) is 36.4 Å². The Hall–Kier alpha value is -1.59. The Balaban J connectivity index is 1.31. The summed E-state index contributed by atoms with van der Waals surface area (Å²) in [6.45, 7) is 8.91. The monoisotopic (exact) mass is 459 g/mol. The third kappa shape index (κ3) is 5.81. The Morgan fingerprint density at radius 1 is 0.903 bits per heavy atom. The van der Waals surface area contributed by atoms with E-state index < -0.39 is 0 Å². The van der Waals surface area contributed by atoms with Crippen molar-refractivity contribution in [1.29, 1.82) is 0 Å². The van der Waals surface area contributed by atoms with Crippen molar-refractivity contribution in [1.82, 2.24) is 14.7 Å². The van der Waals surface area contributed by atoms with Crippen LogP contribution in [-0.2, 0) is 6.54 Å². The lowest BCUT2D eigenvalue weighted by molar-refractivity contribution is 0.0473. The second kappa shape index (κ2) is 10.4. The lowest BCUT2D eigenvalue weighted by atomic mass is 9.99. The summed E-state index contributed by atoms with van der Waals surface area (Å²) in [5.74, 6) is 0.183. The van der Waals surface area contributed by atoms with Gasteiger partial charge in [0.05, 0.1) is 10.0 Å². The van der Waals surface area contributed by atoms with Gasteiger partial charge >= 0.3 is 0 Å². The predicted molar refractivity (Wildman–Crippen MR) is 128 cm³/mol. The van der Waals surface area contributed by atoms with Crippen LogP contribution in [0, 0.1) is 6.92 Å². The number of benzene rings is 2. The van der Waals surface area contributed by atoms with Crippen LogP contribution >= 0.6 is 23.2 Å². The molecule has 1 atom stereocenters. The predicted octanol–water partition coefficient (Wildman–Crippen LogP) is 5.11. The maximum atomic E-state index is 13.1. The number of piperazine rings is 1. The van der Waals surface area contributed by atoms with E-state index in [0.29, 0.717) is 16.1 Å². The van der Waals surface area contributed by atoms with Crippen LogP contribution in [0.5, 0.6) is 0 Å². The topological polar surface area (TPSA) is 26.8 Å². The molecule has 2 aliphatic heterocycles. The molecule has 4 rings (SSSR count). The Bertz CT molecular complexity index is 894. The highest BCUT2D eigenvalue weighted by Gasteiger charge is 2.30. The summed E-state index contributed by atoms with van der Waals surface area (Å²) in [6.07, 6.45) is 3.41. The fourth-order valence-electron chi connectivity index (χ4n) is 4.64. The van der Waals surface area contributed by atoms with Crippen molar-refractivity contribution in [3.63, 3.8) is 0 Å². The molecule has 0 N–H and O–H groups in total. The van der Waals surface area contributed by atoms with E-state index in [0.717, 1.165) is 64.2 Å². The third-order valence-electron chi connectivity index (χ3n) is 6.51. The summed E-state index contributed by atoms with van der Waals surface area (Å²) in [6, 6.07) is 14.2. The van der Waals surface area contributed by atoms with Gasteiger partial charge in [-0.05, 0) is 56.0 Å². The molecule has 0 bridgehead atoms. The molecule has 4 nitrogen and oxygen atoms in total. The Morgan fingerprint density at radius 3 is 2.32 bits per heavy atom. The molecule has 1 amide bonds. The van der Waals surface area contributed by atoms with E-state index in [-0.39, 0.29) is 5.91 Å². The third-order valence-corrected chi connectivity index (χ3v) is 7.25. The highest BCUT2D eigenvalue weighted by atomic mass is 35.5. The highest BCUT2D eigenvalue weighted by Crippen LogP contribution is 2.24. The Labute approximate surface area is 195 Å². The first-order chi connectivity index (χ1) is 15.0. The zero-order valence-corrected chi connectivity index (χ0v) is 19.7. The maximum absolute atomic E-state index is 13.1. The van der Waals surface area contributed by atoms with Crippen molar-refractivity contribution in [2.45, 2.75) is 38.8 Å². The van der Waals surface area contributed by atoms with Gasteiger partial charge in [-0.1, -0.05) is 47.0 Å². The number of amides is 1. The fourth-order valence-corrected chi connectivity index (χ4v) is 4.96. The number of halogens is 2. The molecule has 1 unspecified atom stereocenters. The van der Waals surface area contributed by atoms with Crippen LogP contribution in [0.2, 0.25) is 10.0 Å². The summed E-state index contributed by atoms with van der Waals surface area (Å²) in [5, 5.41) is 1.22. The average molecular weight is 460 g/mol. The van der Waals surface area contributed by atoms with Crippen LogP contribution in [0.3, 0.4) is 0 Å². The smallest absolute Gasteiger partial charge is 0.254 e. The Morgan fingerprint density at radius 2 is 1.61 bits per heavy atom. The number of carbonyl (C=O) groups excluding carboxylic acids is 1. The molecule has 0 spiro atoms. The van der Waals surface area contributed by atoms with Gasteiger partial charge in [-0.25, -0.2) is 0 Å². The first kappa shape index (κ1) is 22.6. The molecule has 2 aromatic rings. The van der Waals surface area contributed by atoms with Gasteiger partial charge in [-0.3, -0.25) is 14.6 Å². The van der Waals surface area contributed by atoms with E-state index >= 15 is 0 Å². The van der Waals surface area contributed by atoms with Gasteiger partial charge in [0, 0.05) is 57.4 Å². The molecule has 166 valence electrons. The van der Waals surface area contributed by atoms with Gasteiger partial charge in [0.25, 0.3) is 5.91 Å². The van der Waals surface area contributed by atoms with Crippen molar-refractivity contribution in [3.05, 3.63) is 69.2 Å². The molecule has 2 saturated heterocycles. The summed E-state index contributed by atoms with van der Waals surface area (Å²) in [4.78, 5) is 20.3. The van der Waals surface area contributed by atoms with Gasteiger partial charge in [-0.15, -0.1) is 0 Å². The molecule has 2 fully saturated rings. The van der Waals surface area contributed by atoms with Crippen LogP contribution in [0.15, 0.2) is 42.5 Å². The quantitative estimate of drug-likeness (QED) is 0.620. The molecule has 31 heavy (non-hydrogen) atoms. The van der Waals surface area contributed by atoms with Gasteiger partial charge in [-0.2, -0.15) is 0 Å². The van der Waals surface area contributed by atoms with Gasteiger partial charge in [0.1, 0.15) is 0 Å². The number of nitrogens with zero attached hydrogens (tertiary/aromatic N) is 3. The number of hydrogen-bond donors (Lipinski definition) is 0. The van der Waals surface area contributed by atoms with Crippen LogP contribution in [0.1, 0.15) is 40.7 Å². The van der Waals surface area contributed by atoms with Gasteiger partial charge in [0.15, 0.2) is 0 Å². The van der Waals surface area contributed by atoms with Crippen molar-refractivity contribution >= 4 is 29.1 Å². The normalized spacial score (nSPS) is 20.7. The Kier molecular flexibility index (Phi) is 7.55. The van der Waals surface area contributed by atoms with Crippen LogP contribution < -0.4 is 0 Å². The van der Waals surface area contributed by atoms with Crippen LogP contribution in [-0.4, -0.2) is 65.9 Å². The number of carbonyl (C=O) groups is 1. The minimum Gasteiger partial charge on any atom is -0.334 e. The fraction of sp³-hybridized carbons (Fsp3) is 0.480. The number of piperidine rings is 1. The second-order valence-corrected chi connectivity index (χ2v) is 9.65. The van der Waals surface area contributed by atoms with Gasteiger partial charge in [0.2, 0.25) is 0 Å². The lowest BCUT2D eigenvalue weighted by Crippen LogP contribution is -2.53. The van der Waals surface area contributed by atoms with E-state index in [1.165, 1.54) is 17.5 Å². The van der Waals surface area contributed by atoms with Crippen LogP contribution in [0.25, 0.3) is 0 Å². The minimum atomic E-state index is 0.183. The molecule has 0 aliphatic carbocycles. The van der Waals surface area contributed by atoms with Crippen molar-refractivity contribution < 1.29 is 4.79 Å². The highest BCUT2D eigenvalue weighted by molar-refractivity contribution is 6.42. The molecule has 6 heteroatoms. The molecular weight excluding hydrogens is 429 g/mol. The zero-order chi connectivity index (χ0) is 21.8. The van der Waals surface area contributed by atoms with E-state index in [9.17, 15) is 4.79 Å². The first-order valence-electron chi connectivity index (χ1n) is 11.3. The number of hydrogen-bond acceptors (Lipinski definition) is 3. The summed E-state index contributed by atoms with van der Waals surface area (Å²) >= 11 is 12.2. The van der Waals surface area contributed by atoms with Crippen molar-refractivity contribution in [2.24, 2.45) is 0 Å². The number of likely N-dealkylation sites (tertiary alicyclic amines) is 1. The number of aryl methyl sites for hydroxylation is 1. The first-order valence-corrected chi connectivity index (χ1v) is 12.0. The maximum Gasteiger partial charge on any atom is 0.254 e. The SMILES string of the molecule is Cc1ccc(C(=O)N2CCCCC2CN2CCN(Cc3ccc(Cl)c(Cl)c3)CC2)cc1. The zero-order valence-electron chi connectivity index (χ0n) is 18.2. The second-order valence-electron chi connectivity index (χ2n) is 8.84. The molecular formula is C25H31Cl2N3O. The van der Waals surface area contributed by atoms with E-state index in [4.69, 9.17) is 23.2 Å². The molecule has 0 radical (unpaired) electrons. The summed E-state index contributed by atoms with van der Waals surface area (Å²) in [7, 11) is 0. The van der Waals surface area contributed by atoms with Crippen LogP contribution in [0.4, 0.5) is 0 Å². The van der Waals surface area contributed by atoms with E-state index in [2.05, 4.69) is 27.7 Å². The van der Waals surface area contributed by atoms with Gasteiger partial charge < -0.3 is 4.90 Å². The molecule has 2 aromatic carbocycles. The molecule has 2 heterocycles. The largest absolute Gasteiger partial charge is 0.334 e. The van der Waals surface area contributed by atoms with Crippen molar-refractivity contribution in [2.75, 3.05) is 39.3 Å². The summed E-state index contributed by atoms with van der Waals surface area (Å²) < 4.78 is 0.